The van der Waals surface area contributed by atoms with Gasteiger partial charge in [-0.3, -0.25) is 19.3 Å². The van der Waals surface area contributed by atoms with Crippen LogP contribution in [0.15, 0.2) is 42.5 Å². The van der Waals surface area contributed by atoms with E-state index in [1.807, 2.05) is 26.0 Å². The number of fused-ring (bicyclic) bond motifs is 1. The number of benzene rings is 2. The SMILES string of the molecule is Cc1ccc(NC(=O)COC(=O)c2cccc(N3C(=O)[C@@H]4C[C@@H](Cl)[C@@H](Cl)C[C@H]4C3=O)c2)c(C)c1. The highest BCUT2D eigenvalue weighted by Gasteiger charge is 2.52. The number of imide groups is 1. The van der Waals surface area contributed by atoms with E-state index in [0.717, 1.165) is 16.0 Å². The normalized spacial score (nSPS) is 24.1. The van der Waals surface area contributed by atoms with Gasteiger partial charge in [0.25, 0.3) is 5.91 Å². The van der Waals surface area contributed by atoms with E-state index in [4.69, 9.17) is 27.9 Å². The van der Waals surface area contributed by atoms with Crippen molar-refractivity contribution in [3.8, 4) is 0 Å². The molecule has 7 nitrogen and oxygen atoms in total. The molecule has 1 aliphatic heterocycles. The number of aryl methyl sites for hydroxylation is 2. The van der Waals surface area contributed by atoms with Crippen molar-refractivity contribution >= 4 is 58.3 Å². The lowest BCUT2D eigenvalue weighted by molar-refractivity contribution is -0.122. The average Bonchev–Trinajstić information content (AvgIpc) is 3.03. The number of hydrogen-bond donors (Lipinski definition) is 1. The predicted molar refractivity (Wildman–Crippen MR) is 129 cm³/mol. The Balaban J connectivity index is 1.42. The van der Waals surface area contributed by atoms with Gasteiger partial charge in [-0.1, -0.05) is 23.8 Å². The van der Waals surface area contributed by atoms with Crippen LogP contribution in [-0.2, 0) is 19.1 Å². The number of nitrogens with one attached hydrogen (secondary N) is 1. The largest absolute Gasteiger partial charge is 0.452 e. The first-order chi connectivity index (χ1) is 16.2. The highest BCUT2D eigenvalue weighted by atomic mass is 35.5. The van der Waals surface area contributed by atoms with Gasteiger partial charge in [0.15, 0.2) is 6.61 Å². The van der Waals surface area contributed by atoms with Gasteiger partial charge in [-0.15, -0.1) is 23.2 Å². The van der Waals surface area contributed by atoms with E-state index in [1.54, 1.807) is 18.2 Å². The summed E-state index contributed by atoms with van der Waals surface area (Å²) in [6.07, 6.45) is 0.664. The number of nitrogens with zero attached hydrogens (tertiary/aromatic N) is 1. The molecule has 0 aromatic heterocycles. The van der Waals surface area contributed by atoms with E-state index < -0.39 is 30.3 Å². The maximum absolute atomic E-state index is 13.0. The molecule has 2 aromatic rings. The fourth-order valence-electron chi connectivity index (χ4n) is 4.48. The van der Waals surface area contributed by atoms with Gasteiger partial charge in [0.05, 0.1) is 33.8 Å². The summed E-state index contributed by atoms with van der Waals surface area (Å²) in [6.45, 7) is 3.35. The quantitative estimate of drug-likeness (QED) is 0.375. The minimum Gasteiger partial charge on any atom is -0.452 e. The number of halogens is 2. The predicted octanol–water partition coefficient (Wildman–Crippen LogP) is 4.21. The topological polar surface area (TPSA) is 92.8 Å². The fourth-order valence-corrected chi connectivity index (χ4v) is 5.07. The number of hydrogen-bond acceptors (Lipinski definition) is 5. The van der Waals surface area contributed by atoms with Crippen LogP contribution in [0.2, 0.25) is 0 Å². The van der Waals surface area contributed by atoms with Crippen molar-refractivity contribution < 1.29 is 23.9 Å². The molecule has 178 valence electrons. The van der Waals surface area contributed by atoms with E-state index in [2.05, 4.69) is 5.32 Å². The Labute approximate surface area is 207 Å². The van der Waals surface area contributed by atoms with Crippen molar-refractivity contribution in [1.82, 2.24) is 0 Å². The van der Waals surface area contributed by atoms with Gasteiger partial charge in [-0.25, -0.2) is 4.79 Å². The van der Waals surface area contributed by atoms with Gasteiger partial charge in [-0.2, -0.15) is 0 Å². The third-order valence-corrected chi connectivity index (χ3v) is 7.34. The van der Waals surface area contributed by atoms with Crippen LogP contribution in [-0.4, -0.2) is 41.1 Å². The lowest BCUT2D eigenvalue weighted by Gasteiger charge is -2.28. The monoisotopic (exact) mass is 502 g/mol. The standard InChI is InChI=1S/C25H24Cl2N2O5/c1-13-6-7-21(14(2)8-13)28-22(30)12-34-25(33)15-4-3-5-16(9-15)29-23(31)17-10-19(26)20(27)11-18(17)24(29)32/h3-9,17-20H,10-12H2,1-2H3,(H,28,30)/t17-,18-,19-,20+/m1/s1. The molecule has 0 bridgehead atoms. The molecule has 0 radical (unpaired) electrons. The molecule has 34 heavy (non-hydrogen) atoms. The van der Waals surface area contributed by atoms with E-state index in [0.29, 0.717) is 18.5 Å². The highest BCUT2D eigenvalue weighted by molar-refractivity contribution is 6.31. The summed E-state index contributed by atoms with van der Waals surface area (Å²) in [5.74, 6) is -2.94. The number of rotatable bonds is 5. The van der Waals surface area contributed by atoms with Crippen LogP contribution in [0.3, 0.4) is 0 Å². The maximum atomic E-state index is 13.0. The van der Waals surface area contributed by atoms with Gasteiger partial charge in [-0.05, 0) is 56.5 Å². The fraction of sp³-hybridized carbons (Fsp3) is 0.360. The summed E-state index contributed by atoms with van der Waals surface area (Å²) in [5, 5.41) is 1.95. The number of ether oxygens (including phenoxy) is 1. The molecule has 4 atom stereocenters. The Kier molecular flexibility index (Phi) is 6.96. The van der Waals surface area contributed by atoms with Crippen molar-refractivity contribution in [1.29, 1.82) is 0 Å². The lowest BCUT2D eigenvalue weighted by Crippen LogP contribution is -2.34. The third-order valence-electron chi connectivity index (χ3n) is 6.24. The summed E-state index contributed by atoms with van der Waals surface area (Å²) in [6, 6.07) is 11.6. The molecule has 0 unspecified atom stereocenters. The molecule has 1 N–H and O–H groups in total. The summed E-state index contributed by atoms with van der Waals surface area (Å²) in [7, 11) is 0. The number of amides is 3. The summed E-state index contributed by atoms with van der Waals surface area (Å²) < 4.78 is 5.15. The molecule has 0 spiro atoms. The zero-order valence-corrected chi connectivity index (χ0v) is 20.2. The summed E-state index contributed by atoms with van der Waals surface area (Å²) in [5.41, 5.74) is 3.00. The zero-order chi connectivity index (χ0) is 24.6. The molecule has 1 saturated heterocycles. The van der Waals surface area contributed by atoms with Crippen LogP contribution >= 0.6 is 23.2 Å². The van der Waals surface area contributed by atoms with Gasteiger partial charge in [0, 0.05) is 5.69 Å². The van der Waals surface area contributed by atoms with Gasteiger partial charge in [0.2, 0.25) is 11.8 Å². The average molecular weight is 503 g/mol. The molecule has 2 aromatic carbocycles. The first-order valence-corrected chi connectivity index (χ1v) is 11.8. The second-order valence-electron chi connectivity index (χ2n) is 8.72. The van der Waals surface area contributed by atoms with Crippen molar-refractivity contribution in [2.24, 2.45) is 11.8 Å². The first kappa shape index (κ1) is 24.2. The smallest absolute Gasteiger partial charge is 0.338 e. The van der Waals surface area contributed by atoms with Crippen LogP contribution in [0, 0.1) is 25.7 Å². The van der Waals surface area contributed by atoms with E-state index in [1.165, 1.54) is 12.1 Å². The van der Waals surface area contributed by atoms with Gasteiger partial charge >= 0.3 is 5.97 Å². The minimum absolute atomic E-state index is 0.123. The molecular weight excluding hydrogens is 479 g/mol. The molecule has 1 aliphatic carbocycles. The molecular formula is C25H24Cl2N2O5. The van der Waals surface area contributed by atoms with Crippen LogP contribution < -0.4 is 10.2 Å². The molecule has 2 aliphatic rings. The van der Waals surface area contributed by atoms with Crippen LogP contribution in [0.25, 0.3) is 0 Å². The number of anilines is 2. The Morgan fingerprint density at radius 3 is 2.26 bits per heavy atom. The number of esters is 1. The second-order valence-corrected chi connectivity index (χ2v) is 9.84. The Hall–Kier alpha value is -2.90. The Bertz CT molecular complexity index is 1140. The van der Waals surface area contributed by atoms with E-state index >= 15 is 0 Å². The number of carbonyl (C=O) groups is 4. The molecule has 3 amide bonds. The second kappa shape index (κ2) is 9.76. The summed E-state index contributed by atoms with van der Waals surface area (Å²) >= 11 is 12.5. The third kappa shape index (κ3) is 4.81. The van der Waals surface area contributed by atoms with Crippen LogP contribution in [0.1, 0.15) is 34.3 Å². The lowest BCUT2D eigenvalue weighted by atomic mass is 9.80. The number of carbonyl (C=O) groups excluding carboxylic acids is 4. The van der Waals surface area contributed by atoms with Crippen LogP contribution in [0.5, 0.6) is 0 Å². The molecule has 1 saturated carbocycles. The number of alkyl halides is 2. The van der Waals surface area contributed by atoms with E-state index in [-0.39, 0.29) is 33.8 Å². The van der Waals surface area contributed by atoms with Crippen molar-refractivity contribution in [3.05, 3.63) is 59.2 Å². The van der Waals surface area contributed by atoms with Crippen molar-refractivity contribution in [2.75, 3.05) is 16.8 Å². The van der Waals surface area contributed by atoms with Gasteiger partial charge in [0.1, 0.15) is 0 Å². The van der Waals surface area contributed by atoms with Gasteiger partial charge < -0.3 is 10.1 Å². The zero-order valence-electron chi connectivity index (χ0n) is 18.7. The molecule has 9 heteroatoms. The first-order valence-electron chi connectivity index (χ1n) is 11.0. The molecule has 4 rings (SSSR count). The highest BCUT2D eigenvalue weighted by Crippen LogP contribution is 2.43. The molecule has 1 heterocycles. The maximum Gasteiger partial charge on any atom is 0.338 e. The minimum atomic E-state index is -0.740. The Morgan fingerprint density at radius 1 is 1.00 bits per heavy atom. The van der Waals surface area contributed by atoms with Crippen LogP contribution in [0.4, 0.5) is 11.4 Å². The molecule has 2 fully saturated rings. The Morgan fingerprint density at radius 2 is 1.65 bits per heavy atom. The van der Waals surface area contributed by atoms with E-state index in [9.17, 15) is 19.2 Å². The van der Waals surface area contributed by atoms with Crippen molar-refractivity contribution in [3.63, 3.8) is 0 Å². The summed E-state index contributed by atoms with van der Waals surface area (Å²) in [4.78, 5) is 51.8. The van der Waals surface area contributed by atoms with Crippen molar-refractivity contribution in [2.45, 2.75) is 37.4 Å².